The predicted octanol–water partition coefficient (Wildman–Crippen LogP) is 5.42. The first-order chi connectivity index (χ1) is 10.3. The van der Waals surface area contributed by atoms with Gasteiger partial charge in [-0.1, -0.05) is 55.5 Å². The van der Waals surface area contributed by atoms with Crippen molar-refractivity contribution >= 4 is 22.2 Å². The molecule has 1 aromatic heterocycles. The number of aryl methyl sites for hydroxylation is 2. The molecule has 0 radical (unpaired) electrons. The van der Waals surface area contributed by atoms with Gasteiger partial charge in [-0.15, -0.1) is 11.3 Å². The van der Waals surface area contributed by atoms with Crippen LogP contribution in [0.15, 0.2) is 54.6 Å². The second-order valence-electron chi connectivity index (χ2n) is 4.95. The summed E-state index contributed by atoms with van der Waals surface area (Å²) in [6.45, 7) is 4.28. The number of nitrogens with one attached hydrogen (secondary N) is 1. The van der Waals surface area contributed by atoms with Gasteiger partial charge in [-0.25, -0.2) is 4.98 Å². The highest BCUT2D eigenvalue weighted by Gasteiger charge is 2.12. The lowest BCUT2D eigenvalue weighted by Crippen LogP contribution is -1.92. The van der Waals surface area contributed by atoms with Crippen LogP contribution in [0.4, 0.5) is 10.8 Å². The van der Waals surface area contributed by atoms with Crippen LogP contribution in [0.3, 0.4) is 0 Å². The van der Waals surface area contributed by atoms with E-state index in [-0.39, 0.29) is 0 Å². The molecule has 0 unspecified atom stereocenters. The molecule has 3 aromatic rings. The highest BCUT2D eigenvalue weighted by atomic mass is 32.1. The zero-order valence-corrected chi connectivity index (χ0v) is 13.1. The molecule has 0 spiro atoms. The van der Waals surface area contributed by atoms with Crippen molar-refractivity contribution < 1.29 is 0 Å². The van der Waals surface area contributed by atoms with Crippen LogP contribution in [0.5, 0.6) is 0 Å². The molecule has 0 bridgehead atoms. The molecule has 0 aliphatic carbocycles. The highest BCUT2D eigenvalue weighted by Crippen LogP contribution is 2.33. The third kappa shape index (κ3) is 2.98. The van der Waals surface area contributed by atoms with E-state index in [1.165, 1.54) is 16.0 Å². The van der Waals surface area contributed by atoms with Crippen molar-refractivity contribution in [2.75, 3.05) is 5.32 Å². The quantitative estimate of drug-likeness (QED) is 0.694. The Morgan fingerprint density at radius 1 is 1.00 bits per heavy atom. The smallest absolute Gasteiger partial charge is 0.187 e. The van der Waals surface area contributed by atoms with Gasteiger partial charge in [0.1, 0.15) is 0 Å². The first-order valence-corrected chi connectivity index (χ1v) is 7.97. The van der Waals surface area contributed by atoms with Crippen LogP contribution < -0.4 is 5.32 Å². The Labute approximate surface area is 129 Å². The topological polar surface area (TPSA) is 24.9 Å². The number of thiazole rings is 1. The summed E-state index contributed by atoms with van der Waals surface area (Å²) in [5.41, 5.74) is 4.63. The fourth-order valence-electron chi connectivity index (χ4n) is 2.29. The summed E-state index contributed by atoms with van der Waals surface area (Å²) < 4.78 is 0. The third-order valence-electron chi connectivity index (χ3n) is 3.45. The molecule has 0 aliphatic heterocycles. The zero-order chi connectivity index (χ0) is 14.7. The standard InChI is InChI=1S/C18H18N2S/c1-3-16-17(14-10-5-4-6-11-14)20-18(21-16)19-15-12-8-7-9-13(15)2/h4-12H,3H2,1-2H3,(H,19,20). The van der Waals surface area contributed by atoms with Crippen molar-refractivity contribution in [3.63, 3.8) is 0 Å². The molecule has 0 saturated carbocycles. The fourth-order valence-corrected chi connectivity index (χ4v) is 3.23. The molecule has 0 aliphatic rings. The Kier molecular flexibility index (Phi) is 4.02. The van der Waals surface area contributed by atoms with E-state index in [0.717, 1.165) is 22.9 Å². The number of hydrogen-bond donors (Lipinski definition) is 1. The molecule has 2 nitrogen and oxygen atoms in total. The van der Waals surface area contributed by atoms with Gasteiger partial charge in [0.25, 0.3) is 0 Å². The molecular weight excluding hydrogens is 276 g/mol. The lowest BCUT2D eigenvalue weighted by molar-refractivity contribution is 1.17. The van der Waals surface area contributed by atoms with Crippen molar-refractivity contribution in [1.82, 2.24) is 4.98 Å². The number of anilines is 2. The molecule has 1 N–H and O–H groups in total. The molecule has 21 heavy (non-hydrogen) atoms. The number of para-hydroxylation sites is 1. The van der Waals surface area contributed by atoms with Gasteiger partial charge in [0, 0.05) is 16.1 Å². The van der Waals surface area contributed by atoms with Crippen molar-refractivity contribution in [1.29, 1.82) is 0 Å². The average molecular weight is 294 g/mol. The monoisotopic (exact) mass is 294 g/mol. The van der Waals surface area contributed by atoms with Crippen LogP contribution in [0.1, 0.15) is 17.4 Å². The lowest BCUT2D eigenvalue weighted by Gasteiger charge is -2.05. The maximum atomic E-state index is 4.80. The highest BCUT2D eigenvalue weighted by molar-refractivity contribution is 7.16. The first kappa shape index (κ1) is 13.8. The van der Waals surface area contributed by atoms with Gasteiger partial charge in [0.2, 0.25) is 0 Å². The minimum absolute atomic E-state index is 0.958. The Morgan fingerprint density at radius 3 is 2.43 bits per heavy atom. The Hall–Kier alpha value is -2.13. The molecule has 1 heterocycles. The Morgan fingerprint density at radius 2 is 1.71 bits per heavy atom. The molecule has 3 rings (SSSR count). The second kappa shape index (κ2) is 6.10. The summed E-state index contributed by atoms with van der Waals surface area (Å²) in [6, 6.07) is 18.7. The fraction of sp³-hybridized carbons (Fsp3) is 0.167. The molecule has 3 heteroatoms. The molecule has 0 amide bonds. The normalized spacial score (nSPS) is 10.6. The minimum Gasteiger partial charge on any atom is -0.331 e. The van der Waals surface area contributed by atoms with E-state index in [1.54, 1.807) is 11.3 Å². The molecule has 0 fully saturated rings. The van der Waals surface area contributed by atoms with Crippen molar-refractivity contribution in [3.8, 4) is 11.3 Å². The average Bonchev–Trinajstić information content (AvgIpc) is 2.93. The number of nitrogens with zero attached hydrogens (tertiary/aromatic N) is 1. The van der Waals surface area contributed by atoms with Crippen LogP contribution >= 0.6 is 11.3 Å². The van der Waals surface area contributed by atoms with Crippen LogP contribution in [-0.4, -0.2) is 4.98 Å². The van der Waals surface area contributed by atoms with Gasteiger partial charge in [-0.3, -0.25) is 0 Å². The van der Waals surface area contributed by atoms with Crippen molar-refractivity contribution in [3.05, 3.63) is 65.0 Å². The second-order valence-corrected chi connectivity index (χ2v) is 6.03. The largest absolute Gasteiger partial charge is 0.331 e. The van der Waals surface area contributed by atoms with Crippen molar-refractivity contribution in [2.45, 2.75) is 20.3 Å². The van der Waals surface area contributed by atoms with Gasteiger partial charge >= 0.3 is 0 Å². The summed E-state index contributed by atoms with van der Waals surface area (Å²) in [5, 5.41) is 4.40. The molecule has 2 aromatic carbocycles. The van der Waals surface area contributed by atoms with Gasteiger partial charge in [-0.2, -0.15) is 0 Å². The molecule has 106 valence electrons. The molecular formula is C18H18N2S. The first-order valence-electron chi connectivity index (χ1n) is 7.15. The van der Waals surface area contributed by atoms with Gasteiger partial charge in [0.05, 0.1) is 5.69 Å². The summed E-state index contributed by atoms with van der Waals surface area (Å²) >= 11 is 1.74. The van der Waals surface area contributed by atoms with Crippen LogP contribution in [0.25, 0.3) is 11.3 Å². The third-order valence-corrected chi connectivity index (χ3v) is 4.57. The predicted molar refractivity (Wildman–Crippen MR) is 91.4 cm³/mol. The SMILES string of the molecule is CCc1sc(Nc2ccccc2C)nc1-c1ccccc1. The van der Waals surface area contributed by atoms with Crippen LogP contribution in [0.2, 0.25) is 0 Å². The molecule has 0 saturated heterocycles. The summed E-state index contributed by atoms with van der Waals surface area (Å²) in [6.07, 6.45) is 0.997. The summed E-state index contributed by atoms with van der Waals surface area (Å²) in [4.78, 5) is 6.11. The van der Waals surface area contributed by atoms with E-state index in [1.807, 2.05) is 12.1 Å². The molecule has 0 atom stereocenters. The van der Waals surface area contributed by atoms with Gasteiger partial charge in [-0.05, 0) is 25.0 Å². The van der Waals surface area contributed by atoms with E-state index in [2.05, 4.69) is 61.6 Å². The Bertz CT molecular complexity index is 732. The van der Waals surface area contributed by atoms with E-state index < -0.39 is 0 Å². The van der Waals surface area contributed by atoms with E-state index in [4.69, 9.17) is 4.98 Å². The maximum absolute atomic E-state index is 4.80. The van der Waals surface area contributed by atoms with Crippen molar-refractivity contribution in [2.24, 2.45) is 0 Å². The number of rotatable bonds is 4. The number of benzene rings is 2. The van der Waals surface area contributed by atoms with Crippen LogP contribution in [0, 0.1) is 6.92 Å². The summed E-state index contributed by atoms with van der Waals surface area (Å²) in [7, 11) is 0. The zero-order valence-electron chi connectivity index (χ0n) is 12.3. The van der Waals surface area contributed by atoms with E-state index in [0.29, 0.717) is 0 Å². The lowest BCUT2D eigenvalue weighted by atomic mass is 10.1. The van der Waals surface area contributed by atoms with Gasteiger partial charge < -0.3 is 5.32 Å². The van der Waals surface area contributed by atoms with Crippen LogP contribution in [-0.2, 0) is 6.42 Å². The van der Waals surface area contributed by atoms with Gasteiger partial charge in [0.15, 0.2) is 5.13 Å². The number of aromatic nitrogens is 1. The minimum atomic E-state index is 0.958. The van der Waals surface area contributed by atoms with E-state index >= 15 is 0 Å². The summed E-state index contributed by atoms with van der Waals surface area (Å²) in [5.74, 6) is 0. The Balaban J connectivity index is 1.95. The number of hydrogen-bond acceptors (Lipinski definition) is 3. The van der Waals surface area contributed by atoms with E-state index in [9.17, 15) is 0 Å². The maximum Gasteiger partial charge on any atom is 0.187 e.